The molecule has 4 aromatic carbocycles. The highest BCUT2D eigenvalue weighted by molar-refractivity contribution is 6.06. The summed E-state index contributed by atoms with van der Waals surface area (Å²) >= 11 is 0. The van der Waals surface area contributed by atoms with Gasteiger partial charge in [0, 0.05) is 11.5 Å². The third-order valence-corrected chi connectivity index (χ3v) is 5.33. The lowest BCUT2D eigenvalue weighted by Crippen LogP contribution is -2.04. The molecular weight excluding hydrogens is 396 g/mol. The minimum absolute atomic E-state index is 0.0120. The maximum atomic E-state index is 12.3. The Morgan fingerprint density at radius 2 is 1.25 bits per heavy atom. The fourth-order valence-corrected chi connectivity index (χ4v) is 3.72. The molecule has 0 aliphatic carbocycles. The Kier molecular flexibility index (Phi) is 6.91. The molecule has 0 aromatic heterocycles. The van der Waals surface area contributed by atoms with Gasteiger partial charge in [0.25, 0.3) is 0 Å². The number of allylic oxidation sites excluding steroid dienone is 1. The van der Waals surface area contributed by atoms with Crippen LogP contribution in [0.2, 0.25) is 0 Å². The predicted molar refractivity (Wildman–Crippen MR) is 128 cm³/mol. The van der Waals surface area contributed by atoms with Gasteiger partial charge in [0.05, 0.1) is 0 Å². The standard InChI is InChI=1S/C29H24O3/c30-21-32-27-18-16-26(17-19-27)29(24-9-5-2-6-10-24)25-14-11-22(12-15-25)13-20-28(31)23-7-3-1-4-8-23/h1-20,29-30H,21H2. The van der Waals surface area contributed by atoms with Crippen LogP contribution in [0.3, 0.4) is 0 Å². The van der Waals surface area contributed by atoms with Crippen LogP contribution >= 0.6 is 0 Å². The van der Waals surface area contributed by atoms with Crippen molar-refractivity contribution in [2.75, 3.05) is 6.79 Å². The van der Waals surface area contributed by atoms with Gasteiger partial charge in [0.2, 0.25) is 0 Å². The number of carbonyl (C=O) groups is 1. The third-order valence-electron chi connectivity index (χ3n) is 5.33. The van der Waals surface area contributed by atoms with E-state index in [1.54, 1.807) is 6.08 Å². The summed E-state index contributed by atoms with van der Waals surface area (Å²) in [5.41, 5.74) is 5.11. The van der Waals surface area contributed by atoms with E-state index in [2.05, 4.69) is 24.3 Å². The van der Waals surface area contributed by atoms with E-state index in [4.69, 9.17) is 9.84 Å². The molecule has 0 spiro atoms. The Bertz CT molecular complexity index is 1160. The topological polar surface area (TPSA) is 46.5 Å². The van der Waals surface area contributed by atoms with Crippen LogP contribution in [0.1, 0.15) is 38.5 Å². The van der Waals surface area contributed by atoms with E-state index >= 15 is 0 Å². The van der Waals surface area contributed by atoms with Gasteiger partial charge < -0.3 is 9.84 Å². The molecule has 4 rings (SSSR count). The lowest BCUT2D eigenvalue weighted by molar-refractivity contribution is 0.0985. The van der Waals surface area contributed by atoms with Crippen molar-refractivity contribution in [3.63, 3.8) is 0 Å². The monoisotopic (exact) mass is 420 g/mol. The van der Waals surface area contributed by atoms with Crippen LogP contribution in [0.4, 0.5) is 0 Å². The Morgan fingerprint density at radius 3 is 1.84 bits per heavy atom. The zero-order valence-corrected chi connectivity index (χ0v) is 17.6. The van der Waals surface area contributed by atoms with Crippen molar-refractivity contribution in [2.24, 2.45) is 0 Å². The average Bonchev–Trinajstić information content (AvgIpc) is 2.86. The van der Waals surface area contributed by atoms with Gasteiger partial charge in [0.1, 0.15) is 5.75 Å². The summed E-state index contributed by atoms with van der Waals surface area (Å²) in [4.78, 5) is 12.3. The smallest absolute Gasteiger partial charge is 0.186 e. The van der Waals surface area contributed by atoms with Gasteiger partial charge in [-0.1, -0.05) is 103 Å². The Hall–Kier alpha value is -3.95. The summed E-state index contributed by atoms with van der Waals surface area (Å²) in [6.07, 6.45) is 3.45. The first-order valence-electron chi connectivity index (χ1n) is 10.5. The van der Waals surface area contributed by atoms with Crippen molar-refractivity contribution >= 4 is 11.9 Å². The number of benzene rings is 4. The molecule has 0 heterocycles. The van der Waals surface area contributed by atoms with Gasteiger partial charge in [-0.15, -0.1) is 0 Å². The van der Waals surface area contributed by atoms with Gasteiger partial charge in [0.15, 0.2) is 12.6 Å². The van der Waals surface area contributed by atoms with Crippen molar-refractivity contribution in [3.8, 4) is 5.75 Å². The third kappa shape index (κ3) is 5.20. The second-order valence-corrected chi connectivity index (χ2v) is 7.42. The van der Waals surface area contributed by atoms with E-state index in [0.717, 1.165) is 16.7 Å². The average molecular weight is 421 g/mol. The molecule has 0 aliphatic rings. The minimum atomic E-state index is -0.344. The minimum Gasteiger partial charge on any atom is -0.468 e. The van der Waals surface area contributed by atoms with Gasteiger partial charge in [-0.25, -0.2) is 0 Å². The summed E-state index contributed by atoms with van der Waals surface area (Å²) in [5, 5.41) is 8.97. The van der Waals surface area contributed by atoms with E-state index in [-0.39, 0.29) is 18.5 Å². The van der Waals surface area contributed by atoms with Gasteiger partial charge in [-0.05, 0) is 40.5 Å². The molecule has 0 saturated carbocycles. The summed E-state index contributed by atoms with van der Waals surface area (Å²) in [7, 11) is 0. The molecule has 0 amide bonds. The van der Waals surface area contributed by atoms with Crippen LogP contribution in [0.25, 0.3) is 6.08 Å². The van der Waals surface area contributed by atoms with Gasteiger partial charge in [-0.3, -0.25) is 4.79 Å². The highest BCUT2D eigenvalue weighted by Gasteiger charge is 2.16. The summed E-state index contributed by atoms with van der Waals surface area (Å²) < 4.78 is 5.17. The first-order chi connectivity index (χ1) is 15.7. The van der Waals surface area contributed by atoms with Crippen molar-refractivity contribution < 1.29 is 14.6 Å². The van der Waals surface area contributed by atoms with Crippen molar-refractivity contribution in [3.05, 3.63) is 143 Å². The quantitative estimate of drug-likeness (QED) is 0.162. The number of hydrogen-bond acceptors (Lipinski definition) is 3. The molecule has 32 heavy (non-hydrogen) atoms. The van der Waals surface area contributed by atoms with E-state index in [1.807, 2.05) is 91.0 Å². The van der Waals surface area contributed by atoms with Crippen LogP contribution in [-0.2, 0) is 0 Å². The van der Waals surface area contributed by atoms with E-state index in [1.165, 1.54) is 5.56 Å². The zero-order chi connectivity index (χ0) is 22.2. The summed E-state index contributed by atoms with van der Waals surface area (Å²) in [6, 6.07) is 35.6. The van der Waals surface area contributed by atoms with E-state index < -0.39 is 0 Å². The largest absolute Gasteiger partial charge is 0.468 e. The van der Waals surface area contributed by atoms with Crippen LogP contribution < -0.4 is 4.74 Å². The molecule has 4 aromatic rings. The highest BCUT2D eigenvalue weighted by Crippen LogP contribution is 2.33. The van der Waals surface area contributed by atoms with Crippen molar-refractivity contribution in [1.29, 1.82) is 0 Å². The zero-order valence-electron chi connectivity index (χ0n) is 17.6. The molecule has 3 nitrogen and oxygen atoms in total. The molecule has 1 unspecified atom stereocenters. The molecule has 0 aliphatic heterocycles. The number of ether oxygens (including phenoxy) is 1. The number of carbonyl (C=O) groups excluding carboxylic acids is 1. The molecule has 0 fully saturated rings. The van der Waals surface area contributed by atoms with Crippen molar-refractivity contribution in [1.82, 2.24) is 0 Å². The van der Waals surface area contributed by atoms with E-state index in [0.29, 0.717) is 11.3 Å². The first kappa shape index (κ1) is 21.3. The van der Waals surface area contributed by atoms with Crippen LogP contribution in [0, 0.1) is 0 Å². The molecule has 0 bridgehead atoms. The summed E-state index contributed by atoms with van der Waals surface area (Å²) in [6.45, 7) is -0.344. The van der Waals surface area contributed by atoms with E-state index in [9.17, 15) is 4.79 Å². The highest BCUT2D eigenvalue weighted by atomic mass is 16.6. The van der Waals surface area contributed by atoms with Gasteiger partial charge in [-0.2, -0.15) is 0 Å². The molecule has 0 saturated heterocycles. The Morgan fingerprint density at radius 1 is 0.719 bits per heavy atom. The van der Waals surface area contributed by atoms with Crippen LogP contribution in [-0.4, -0.2) is 17.7 Å². The summed E-state index contributed by atoms with van der Waals surface area (Å²) in [5.74, 6) is 0.678. The van der Waals surface area contributed by atoms with Gasteiger partial charge >= 0.3 is 0 Å². The van der Waals surface area contributed by atoms with Crippen molar-refractivity contribution in [2.45, 2.75) is 5.92 Å². The maximum absolute atomic E-state index is 12.3. The molecule has 1 atom stereocenters. The molecule has 158 valence electrons. The fourth-order valence-electron chi connectivity index (χ4n) is 3.72. The van der Waals surface area contributed by atoms with Crippen LogP contribution in [0.5, 0.6) is 5.75 Å². The molecular formula is C29H24O3. The first-order valence-corrected chi connectivity index (χ1v) is 10.5. The second kappa shape index (κ2) is 10.4. The SMILES string of the molecule is O=C(C=Cc1ccc(C(c2ccccc2)c2ccc(OCO)cc2)cc1)c1ccccc1. The molecule has 3 heteroatoms. The fraction of sp³-hybridized carbons (Fsp3) is 0.0690. The number of aliphatic hydroxyl groups excluding tert-OH is 1. The number of aliphatic hydroxyl groups is 1. The lowest BCUT2D eigenvalue weighted by Gasteiger charge is -2.19. The number of rotatable bonds is 8. The number of ketones is 1. The normalized spacial score (nSPS) is 11.9. The second-order valence-electron chi connectivity index (χ2n) is 7.42. The Balaban J connectivity index is 1.59. The molecule has 0 radical (unpaired) electrons. The molecule has 1 N–H and O–H groups in total. The Labute approximate surface area is 188 Å². The predicted octanol–water partition coefficient (Wildman–Crippen LogP) is 6.09. The van der Waals surface area contributed by atoms with Crippen LogP contribution in [0.15, 0.2) is 115 Å². The lowest BCUT2D eigenvalue weighted by atomic mass is 9.85. The number of hydrogen-bond donors (Lipinski definition) is 1. The maximum Gasteiger partial charge on any atom is 0.186 e.